The Balaban J connectivity index is 2.63. The van der Waals surface area contributed by atoms with E-state index >= 15 is 0 Å². The van der Waals surface area contributed by atoms with Crippen LogP contribution in [0.1, 0.15) is 6.92 Å². The number of hydrogen-bond acceptors (Lipinski definition) is 3. The van der Waals surface area contributed by atoms with Crippen molar-refractivity contribution in [2.75, 3.05) is 5.73 Å². The van der Waals surface area contributed by atoms with E-state index in [9.17, 15) is 4.39 Å². The van der Waals surface area contributed by atoms with Crippen LogP contribution in [0.3, 0.4) is 0 Å². The first kappa shape index (κ1) is 9.64. The number of nitrogens with two attached hydrogens (primary N) is 1. The van der Waals surface area contributed by atoms with E-state index in [2.05, 4.69) is 10.1 Å². The number of nitrogens with zero attached hydrogens (tertiary/aromatic N) is 3. The van der Waals surface area contributed by atoms with Gasteiger partial charge in [-0.1, -0.05) is 6.07 Å². The lowest BCUT2D eigenvalue weighted by atomic mass is 10.1. The molecular formula is C10H11FN4. The van der Waals surface area contributed by atoms with E-state index < -0.39 is 0 Å². The summed E-state index contributed by atoms with van der Waals surface area (Å²) in [4.78, 5) is 4.01. The Morgan fingerprint density at radius 2 is 2.27 bits per heavy atom. The minimum absolute atomic E-state index is 0.317. The standard InChI is InChI=1S/C10H11FN4/c1-2-15-10(13-6-14-15)9-7(11)4-3-5-8(9)12/h3-6H,2,12H2,1H3. The number of aryl methyl sites for hydroxylation is 1. The van der Waals surface area contributed by atoms with E-state index in [1.807, 2.05) is 6.92 Å². The topological polar surface area (TPSA) is 56.7 Å². The average Bonchev–Trinajstić information content (AvgIpc) is 2.65. The fraction of sp³-hybridized carbons (Fsp3) is 0.200. The highest BCUT2D eigenvalue weighted by molar-refractivity contribution is 5.71. The van der Waals surface area contributed by atoms with Crippen LogP contribution in [0.15, 0.2) is 24.5 Å². The molecular weight excluding hydrogens is 195 g/mol. The van der Waals surface area contributed by atoms with Gasteiger partial charge in [0.25, 0.3) is 0 Å². The van der Waals surface area contributed by atoms with Gasteiger partial charge in [-0.2, -0.15) is 5.10 Å². The molecule has 0 fully saturated rings. The maximum atomic E-state index is 13.6. The van der Waals surface area contributed by atoms with Gasteiger partial charge in [0.2, 0.25) is 0 Å². The molecule has 0 amide bonds. The van der Waals surface area contributed by atoms with Crippen molar-refractivity contribution in [1.82, 2.24) is 14.8 Å². The lowest BCUT2D eigenvalue weighted by molar-refractivity contribution is 0.621. The lowest BCUT2D eigenvalue weighted by Crippen LogP contribution is -2.03. The van der Waals surface area contributed by atoms with Crippen LogP contribution in [-0.4, -0.2) is 14.8 Å². The molecule has 2 N–H and O–H groups in total. The zero-order chi connectivity index (χ0) is 10.8. The minimum atomic E-state index is -0.377. The summed E-state index contributed by atoms with van der Waals surface area (Å²) in [6, 6.07) is 4.58. The van der Waals surface area contributed by atoms with Gasteiger partial charge in [0.15, 0.2) is 5.82 Å². The number of benzene rings is 1. The van der Waals surface area contributed by atoms with E-state index in [1.165, 1.54) is 12.4 Å². The molecule has 15 heavy (non-hydrogen) atoms. The second-order valence-corrected chi connectivity index (χ2v) is 3.10. The van der Waals surface area contributed by atoms with Gasteiger partial charge in [-0.25, -0.2) is 14.1 Å². The molecule has 2 aromatic rings. The molecule has 0 unspecified atom stereocenters. The third-order valence-corrected chi connectivity index (χ3v) is 2.18. The Morgan fingerprint density at radius 1 is 1.47 bits per heavy atom. The smallest absolute Gasteiger partial charge is 0.163 e. The highest BCUT2D eigenvalue weighted by atomic mass is 19.1. The Bertz CT molecular complexity index is 458. The highest BCUT2D eigenvalue weighted by Crippen LogP contribution is 2.26. The van der Waals surface area contributed by atoms with E-state index in [4.69, 9.17) is 5.73 Å². The number of aromatic nitrogens is 3. The first-order valence-corrected chi connectivity index (χ1v) is 4.66. The molecule has 0 spiro atoms. The van der Waals surface area contributed by atoms with Crippen LogP contribution in [0.25, 0.3) is 11.4 Å². The van der Waals surface area contributed by atoms with Crippen LogP contribution in [0, 0.1) is 5.82 Å². The van der Waals surface area contributed by atoms with E-state index in [0.29, 0.717) is 23.6 Å². The Kier molecular flexibility index (Phi) is 2.37. The van der Waals surface area contributed by atoms with Crippen LogP contribution >= 0.6 is 0 Å². The highest BCUT2D eigenvalue weighted by Gasteiger charge is 2.14. The molecule has 0 saturated heterocycles. The molecule has 5 heteroatoms. The van der Waals surface area contributed by atoms with Gasteiger partial charge in [-0.05, 0) is 19.1 Å². The molecule has 4 nitrogen and oxygen atoms in total. The maximum Gasteiger partial charge on any atom is 0.163 e. The Labute approximate surface area is 86.6 Å². The monoisotopic (exact) mass is 206 g/mol. The molecule has 0 radical (unpaired) electrons. The van der Waals surface area contributed by atoms with Crippen LogP contribution in [0.4, 0.5) is 10.1 Å². The van der Waals surface area contributed by atoms with Crippen molar-refractivity contribution in [3.05, 3.63) is 30.3 Å². The van der Waals surface area contributed by atoms with Gasteiger partial charge in [-0.3, -0.25) is 0 Å². The summed E-state index contributed by atoms with van der Waals surface area (Å²) in [5.74, 6) is 0.0887. The zero-order valence-electron chi connectivity index (χ0n) is 8.31. The van der Waals surface area contributed by atoms with Crippen molar-refractivity contribution < 1.29 is 4.39 Å². The van der Waals surface area contributed by atoms with Crippen LogP contribution in [0.5, 0.6) is 0 Å². The SMILES string of the molecule is CCn1ncnc1-c1c(N)cccc1F. The Morgan fingerprint density at radius 3 is 2.93 bits per heavy atom. The third kappa shape index (κ3) is 1.56. The quantitative estimate of drug-likeness (QED) is 0.760. The summed E-state index contributed by atoms with van der Waals surface area (Å²) in [5, 5.41) is 3.98. The molecule has 0 atom stereocenters. The van der Waals surface area contributed by atoms with E-state index in [-0.39, 0.29) is 5.82 Å². The predicted molar refractivity (Wildman–Crippen MR) is 55.5 cm³/mol. The van der Waals surface area contributed by atoms with Crippen LogP contribution in [0.2, 0.25) is 0 Å². The summed E-state index contributed by atoms with van der Waals surface area (Å²) in [6.45, 7) is 2.54. The van der Waals surface area contributed by atoms with Crippen molar-refractivity contribution in [2.45, 2.75) is 13.5 Å². The van der Waals surface area contributed by atoms with Crippen LogP contribution < -0.4 is 5.73 Å². The largest absolute Gasteiger partial charge is 0.398 e. The van der Waals surface area contributed by atoms with Crippen molar-refractivity contribution in [1.29, 1.82) is 0 Å². The van der Waals surface area contributed by atoms with Crippen LogP contribution in [-0.2, 0) is 6.54 Å². The molecule has 78 valence electrons. The van der Waals surface area contributed by atoms with Gasteiger partial charge in [0.1, 0.15) is 12.1 Å². The lowest BCUT2D eigenvalue weighted by Gasteiger charge is -2.06. The minimum Gasteiger partial charge on any atom is -0.398 e. The van der Waals surface area contributed by atoms with Crippen molar-refractivity contribution >= 4 is 5.69 Å². The summed E-state index contributed by atoms with van der Waals surface area (Å²) in [6.07, 6.45) is 1.39. The number of nitrogen functional groups attached to an aromatic ring is 1. The fourth-order valence-electron chi connectivity index (χ4n) is 1.47. The summed E-state index contributed by atoms with van der Waals surface area (Å²) in [5.41, 5.74) is 6.40. The molecule has 2 rings (SSSR count). The molecule has 1 heterocycles. The number of hydrogen-bond donors (Lipinski definition) is 1. The van der Waals surface area contributed by atoms with Crippen molar-refractivity contribution in [3.63, 3.8) is 0 Å². The second kappa shape index (κ2) is 3.68. The number of rotatable bonds is 2. The van der Waals surface area contributed by atoms with Gasteiger partial charge < -0.3 is 5.73 Å². The molecule has 1 aromatic carbocycles. The first-order valence-electron chi connectivity index (χ1n) is 4.66. The summed E-state index contributed by atoms with van der Waals surface area (Å²) < 4.78 is 15.2. The summed E-state index contributed by atoms with van der Waals surface area (Å²) >= 11 is 0. The van der Waals surface area contributed by atoms with Crippen molar-refractivity contribution in [3.8, 4) is 11.4 Å². The normalized spacial score (nSPS) is 10.5. The molecule has 1 aromatic heterocycles. The third-order valence-electron chi connectivity index (χ3n) is 2.18. The number of halogens is 1. The van der Waals surface area contributed by atoms with Gasteiger partial charge >= 0.3 is 0 Å². The molecule has 0 aliphatic heterocycles. The van der Waals surface area contributed by atoms with Gasteiger partial charge in [0.05, 0.1) is 5.56 Å². The number of anilines is 1. The van der Waals surface area contributed by atoms with Gasteiger partial charge in [-0.15, -0.1) is 0 Å². The molecule has 0 aliphatic carbocycles. The molecule has 0 bridgehead atoms. The van der Waals surface area contributed by atoms with E-state index in [0.717, 1.165) is 0 Å². The Hall–Kier alpha value is -1.91. The van der Waals surface area contributed by atoms with Gasteiger partial charge in [0, 0.05) is 12.2 Å². The van der Waals surface area contributed by atoms with Crippen molar-refractivity contribution in [2.24, 2.45) is 0 Å². The zero-order valence-corrected chi connectivity index (χ0v) is 8.31. The molecule has 0 saturated carbocycles. The average molecular weight is 206 g/mol. The predicted octanol–water partition coefficient (Wildman–Crippen LogP) is 1.69. The summed E-state index contributed by atoms with van der Waals surface area (Å²) in [7, 11) is 0. The fourth-order valence-corrected chi connectivity index (χ4v) is 1.47. The second-order valence-electron chi connectivity index (χ2n) is 3.10. The van der Waals surface area contributed by atoms with E-state index in [1.54, 1.807) is 16.8 Å². The first-order chi connectivity index (χ1) is 7.24. The maximum absolute atomic E-state index is 13.6. The molecule has 0 aliphatic rings.